The van der Waals surface area contributed by atoms with E-state index in [4.69, 9.17) is 37.9 Å². The molecule has 12 nitrogen and oxygen atoms in total. The molecule has 3 aromatic carbocycles. The molecule has 55 heavy (non-hydrogen) atoms. The molecule has 3 aromatic rings. The molecule has 0 amide bonds. The van der Waals surface area contributed by atoms with E-state index in [0.29, 0.717) is 41.7 Å². The van der Waals surface area contributed by atoms with Gasteiger partial charge < -0.3 is 42.4 Å². The quantitative estimate of drug-likeness (QED) is 0.0576. The van der Waals surface area contributed by atoms with Gasteiger partial charge in [-0.2, -0.15) is 0 Å². The van der Waals surface area contributed by atoms with Crippen molar-refractivity contribution in [3.05, 3.63) is 82.9 Å². The van der Waals surface area contributed by atoms with Gasteiger partial charge in [-0.1, -0.05) is 6.07 Å². The predicted molar refractivity (Wildman–Crippen MR) is 208 cm³/mol. The van der Waals surface area contributed by atoms with Crippen LogP contribution in [0.3, 0.4) is 0 Å². The largest absolute Gasteiger partial charge is 0.493 e. The van der Waals surface area contributed by atoms with Crippen molar-refractivity contribution in [2.24, 2.45) is 0 Å². The van der Waals surface area contributed by atoms with E-state index in [1.807, 2.05) is 24.3 Å². The number of carbonyl (C=O) groups is 2. The van der Waals surface area contributed by atoms with E-state index in [2.05, 4.69) is 29.2 Å². The third kappa shape index (κ3) is 10.9. The Labute approximate surface area is 325 Å². The number of nitrogens with zero attached hydrogens (tertiary/aromatic N) is 2. The Bertz CT molecular complexity index is 1770. The summed E-state index contributed by atoms with van der Waals surface area (Å²) in [4.78, 5) is 27.4. The van der Waals surface area contributed by atoms with Gasteiger partial charge in [0, 0.05) is 56.1 Å². The number of likely N-dealkylation sites (tertiary alicyclic amines) is 1. The first-order valence-electron chi connectivity index (χ1n) is 19.0. The Morgan fingerprint density at radius 3 is 1.80 bits per heavy atom. The summed E-state index contributed by atoms with van der Waals surface area (Å²) in [6.45, 7) is 5.99. The first kappa shape index (κ1) is 41.2. The predicted octanol–water partition coefficient (Wildman–Crippen LogP) is 6.11. The Balaban J connectivity index is 1.09. The van der Waals surface area contributed by atoms with E-state index in [0.717, 1.165) is 79.9 Å². The van der Waals surface area contributed by atoms with Gasteiger partial charge in [0.25, 0.3) is 0 Å². The molecule has 0 saturated carbocycles. The van der Waals surface area contributed by atoms with Crippen molar-refractivity contribution in [1.29, 1.82) is 0 Å². The molecule has 5 rings (SSSR count). The maximum absolute atomic E-state index is 12.5. The molecule has 0 aliphatic carbocycles. The lowest BCUT2D eigenvalue weighted by molar-refractivity contribution is -0.929. The van der Waals surface area contributed by atoms with E-state index in [-0.39, 0.29) is 19.3 Å². The highest BCUT2D eigenvalue weighted by Gasteiger charge is 2.32. The normalized spacial score (nSPS) is 16.3. The van der Waals surface area contributed by atoms with Gasteiger partial charge in [0.05, 0.1) is 75.5 Å². The third-order valence-corrected chi connectivity index (χ3v) is 10.7. The molecule has 12 heteroatoms. The van der Waals surface area contributed by atoms with Crippen LogP contribution in [0.5, 0.6) is 34.5 Å². The summed E-state index contributed by atoms with van der Waals surface area (Å²) in [6.07, 6.45) is 7.57. The monoisotopic (exact) mass is 761 g/mol. The molecule has 0 bridgehead atoms. The number of hydrogen-bond donors (Lipinski definition) is 0. The Morgan fingerprint density at radius 1 is 0.673 bits per heavy atom. The average Bonchev–Trinajstić information content (AvgIpc) is 3.68. The number of fused-ring (bicyclic) bond motifs is 1. The summed E-state index contributed by atoms with van der Waals surface area (Å²) in [7, 11) is 9.84. The number of benzene rings is 3. The van der Waals surface area contributed by atoms with Crippen LogP contribution in [0.25, 0.3) is 0 Å². The van der Waals surface area contributed by atoms with Crippen LogP contribution in [0.4, 0.5) is 0 Å². The molecule has 0 radical (unpaired) electrons. The minimum absolute atomic E-state index is 0.0420. The number of methoxy groups -OCH3 is 6. The lowest BCUT2D eigenvalue weighted by Gasteiger charge is -2.38. The molecule has 2 heterocycles. The van der Waals surface area contributed by atoms with Gasteiger partial charge >= 0.3 is 11.9 Å². The number of esters is 2. The highest BCUT2D eigenvalue weighted by atomic mass is 16.5. The zero-order valence-electron chi connectivity index (χ0n) is 33.2. The number of quaternary nitrogens is 1. The molecule has 0 spiro atoms. The van der Waals surface area contributed by atoms with Gasteiger partial charge in [-0.3, -0.25) is 4.90 Å². The summed E-state index contributed by atoms with van der Waals surface area (Å²) in [5.74, 6) is 3.06. The van der Waals surface area contributed by atoms with Crippen molar-refractivity contribution in [1.82, 2.24) is 4.90 Å². The molecular formula is C43H57N2O10+. The number of ether oxygens (including phenoxy) is 8. The fraction of sp³-hybridized carbons (Fsp3) is 0.488. The van der Waals surface area contributed by atoms with E-state index in [1.165, 1.54) is 29.5 Å². The molecule has 0 aromatic heterocycles. The van der Waals surface area contributed by atoms with Gasteiger partial charge in [0.15, 0.2) is 34.5 Å². The van der Waals surface area contributed by atoms with Crippen molar-refractivity contribution in [2.75, 3.05) is 88.6 Å². The van der Waals surface area contributed by atoms with Crippen LogP contribution in [0.15, 0.2) is 60.7 Å². The summed E-state index contributed by atoms with van der Waals surface area (Å²) in [6, 6.07) is 16.3. The standard InChI is InChI=1S/C43H57N2O10/c1-48-36-13-11-31(26-38(36)50-3)25-35-34-29-41(53-6)40(52-5)28-33(34)17-19-44(35)18-9-23-54-42(46)15-16-43(47)55-24-10-22-45(20-7-8-21-45)30-32-12-14-37(49-2)39(27-32)51-4/h11-16,26-29,35H,7-10,17-25,30H2,1-6H3/q+1. The minimum atomic E-state index is -0.573. The molecule has 1 saturated heterocycles. The van der Waals surface area contributed by atoms with Crippen molar-refractivity contribution < 1.29 is 52.0 Å². The molecule has 1 unspecified atom stereocenters. The SMILES string of the molecule is COc1ccc(CC2c3cc(OC)c(OC)cc3CCN2CCCOC(=O)C=CC(=O)OCCC[N+]2(Cc3ccc(OC)c(OC)c3)CCCC2)cc1OC. The van der Waals surface area contributed by atoms with Crippen LogP contribution in [0, 0.1) is 0 Å². The maximum Gasteiger partial charge on any atom is 0.331 e. The molecule has 1 fully saturated rings. The number of carbonyl (C=O) groups excluding carboxylic acids is 2. The minimum Gasteiger partial charge on any atom is -0.493 e. The van der Waals surface area contributed by atoms with Gasteiger partial charge in [-0.05, 0) is 78.4 Å². The fourth-order valence-corrected chi connectivity index (χ4v) is 7.90. The first-order valence-corrected chi connectivity index (χ1v) is 19.0. The zero-order chi connectivity index (χ0) is 39.2. The van der Waals surface area contributed by atoms with E-state index in [1.54, 1.807) is 42.7 Å². The highest BCUT2D eigenvalue weighted by Crippen LogP contribution is 2.40. The molecule has 2 aliphatic rings. The van der Waals surface area contributed by atoms with Crippen LogP contribution < -0.4 is 28.4 Å². The summed E-state index contributed by atoms with van der Waals surface area (Å²) in [5, 5.41) is 0. The topological polar surface area (TPSA) is 111 Å². The zero-order valence-corrected chi connectivity index (χ0v) is 33.2. The van der Waals surface area contributed by atoms with E-state index < -0.39 is 11.9 Å². The lowest BCUT2D eigenvalue weighted by Crippen LogP contribution is -2.45. The van der Waals surface area contributed by atoms with Crippen LogP contribution in [-0.2, 0) is 38.4 Å². The molecule has 0 N–H and O–H groups in total. The van der Waals surface area contributed by atoms with E-state index >= 15 is 0 Å². The Kier molecular flexibility index (Phi) is 15.1. The van der Waals surface area contributed by atoms with Crippen LogP contribution in [0.2, 0.25) is 0 Å². The summed E-state index contributed by atoms with van der Waals surface area (Å²) >= 11 is 0. The molecule has 1 atom stereocenters. The third-order valence-electron chi connectivity index (χ3n) is 10.7. The lowest BCUT2D eigenvalue weighted by atomic mass is 9.88. The molecule has 298 valence electrons. The van der Waals surface area contributed by atoms with Gasteiger partial charge in [0.1, 0.15) is 6.54 Å². The second-order valence-corrected chi connectivity index (χ2v) is 14.0. The smallest absolute Gasteiger partial charge is 0.331 e. The van der Waals surface area contributed by atoms with Gasteiger partial charge in [0.2, 0.25) is 0 Å². The van der Waals surface area contributed by atoms with Crippen molar-refractivity contribution in [3.8, 4) is 34.5 Å². The van der Waals surface area contributed by atoms with Gasteiger partial charge in [-0.15, -0.1) is 0 Å². The van der Waals surface area contributed by atoms with Gasteiger partial charge in [-0.25, -0.2) is 9.59 Å². The maximum atomic E-state index is 12.5. The Hall–Kier alpha value is -4.94. The summed E-state index contributed by atoms with van der Waals surface area (Å²) in [5.41, 5.74) is 4.68. The second kappa shape index (κ2) is 20.1. The first-order chi connectivity index (χ1) is 26.7. The van der Waals surface area contributed by atoms with Crippen LogP contribution >= 0.6 is 0 Å². The molecular weight excluding hydrogens is 704 g/mol. The summed E-state index contributed by atoms with van der Waals surface area (Å²) < 4.78 is 45.1. The van der Waals surface area contributed by atoms with Crippen molar-refractivity contribution in [2.45, 2.75) is 51.1 Å². The highest BCUT2D eigenvalue weighted by molar-refractivity contribution is 5.91. The van der Waals surface area contributed by atoms with Crippen molar-refractivity contribution >= 4 is 11.9 Å². The fourth-order valence-electron chi connectivity index (χ4n) is 7.90. The Morgan fingerprint density at radius 2 is 1.20 bits per heavy atom. The molecule has 2 aliphatic heterocycles. The van der Waals surface area contributed by atoms with Crippen molar-refractivity contribution in [3.63, 3.8) is 0 Å². The second-order valence-electron chi connectivity index (χ2n) is 14.0. The van der Waals surface area contributed by atoms with Crippen LogP contribution in [0.1, 0.15) is 54.0 Å². The van der Waals surface area contributed by atoms with Crippen LogP contribution in [-0.4, -0.2) is 110 Å². The average molecular weight is 762 g/mol. The number of rotatable bonds is 20. The van der Waals surface area contributed by atoms with E-state index in [9.17, 15) is 9.59 Å². The number of hydrogen-bond acceptors (Lipinski definition) is 11.